The first-order chi connectivity index (χ1) is 12.6. The van der Waals surface area contributed by atoms with Gasteiger partial charge in [-0.3, -0.25) is 9.10 Å². The SMILES string of the molecule is COC(=O)c1ccc(NC(=O)C(C)N(c2ccc(Cl)cc2)S(C)(=O)=O)cc1. The number of ether oxygens (including phenoxy) is 1. The number of carbonyl (C=O) groups is 2. The van der Waals surface area contributed by atoms with Crippen LogP contribution in [0.25, 0.3) is 0 Å². The van der Waals surface area contributed by atoms with Crippen molar-refractivity contribution in [3.8, 4) is 0 Å². The lowest BCUT2D eigenvalue weighted by molar-refractivity contribution is -0.116. The zero-order valence-corrected chi connectivity index (χ0v) is 16.5. The molecule has 0 spiro atoms. The molecule has 1 atom stereocenters. The highest BCUT2D eigenvalue weighted by atomic mass is 35.5. The van der Waals surface area contributed by atoms with E-state index < -0.39 is 27.9 Å². The van der Waals surface area contributed by atoms with Crippen molar-refractivity contribution in [1.29, 1.82) is 0 Å². The Hall–Kier alpha value is -2.58. The fourth-order valence-electron chi connectivity index (χ4n) is 2.45. The van der Waals surface area contributed by atoms with E-state index in [0.717, 1.165) is 10.6 Å². The van der Waals surface area contributed by atoms with E-state index in [1.807, 2.05) is 0 Å². The van der Waals surface area contributed by atoms with E-state index in [1.165, 1.54) is 50.4 Å². The largest absolute Gasteiger partial charge is 0.465 e. The van der Waals surface area contributed by atoms with Crippen LogP contribution in [-0.2, 0) is 19.6 Å². The van der Waals surface area contributed by atoms with Crippen LogP contribution in [0.3, 0.4) is 0 Å². The number of esters is 1. The number of halogens is 1. The molecule has 0 bridgehead atoms. The number of rotatable bonds is 6. The van der Waals surface area contributed by atoms with E-state index in [-0.39, 0.29) is 0 Å². The summed E-state index contributed by atoms with van der Waals surface area (Å²) in [6.45, 7) is 1.48. The smallest absolute Gasteiger partial charge is 0.337 e. The lowest BCUT2D eigenvalue weighted by atomic mass is 10.2. The van der Waals surface area contributed by atoms with Gasteiger partial charge in [0.15, 0.2) is 0 Å². The summed E-state index contributed by atoms with van der Waals surface area (Å²) in [6.07, 6.45) is 1.02. The van der Waals surface area contributed by atoms with Crippen LogP contribution in [0.15, 0.2) is 48.5 Å². The molecule has 9 heteroatoms. The number of hydrogen-bond acceptors (Lipinski definition) is 5. The molecule has 2 aromatic rings. The monoisotopic (exact) mass is 410 g/mol. The topological polar surface area (TPSA) is 92.8 Å². The van der Waals surface area contributed by atoms with Gasteiger partial charge in [-0.25, -0.2) is 13.2 Å². The quantitative estimate of drug-likeness (QED) is 0.739. The molecule has 1 N–H and O–H groups in total. The van der Waals surface area contributed by atoms with Crippen molar-refractivity contribution in [2.45, 2.75) is 13.0 Å². The Labute approximate surface area is 162 Å². The molecule has 0 aliphatic rings. The third kappa shape index (κ3) is 5.21. The maximum atomic E-state index is 12.6. The van der Waals surface area contributed by atoms with Crippen molar-refractivity contribution >= 4 is 44.9 Å². The third-order valence-corrected chi connectivity index (χ3v) is 5.24. The first-order valence-corrected chi connectivity index (χ1v) is 10.1. The van der Waals surface area contributed by atoms with Crippen LogP contribution in [0, 0.1) is 0 Å². The minimum Gasteiger partial charge on any atom is -0.465 e. The third-order valence-electron chi connectivity index (χ3n) is 3.74. The molecular weight excluding hydrogens is 392 g/mol. The van der Waals surface area contributed by atoms with E-state index in [4.69, 9.17) is 11.6 Å². The molecule has 0 radical (unpaired) electrons. The van der Waals surface area contributed by atoms with E-state index in [1.54, 1.807) is 12.1 Å². The van der Waals surface area contributed by atoms with Gasteiger partial charge in [0, 0.05) is 10.7 Å². The Bertz CT molecular complexity index is 927. The summed E-state index contributed by atoms with van der Waals surface area (Å²) >= 11 is 5.85. The molecule has 144 valence electrons. The van der Waals surface area contributed by atoms with Gasteiger partial charge in [0.05, 0.1) is 24.6 Å². The number of methoxy groups -OCH3 is 1. The van der Waals surface area contributed by atoms with Gasteiger partial charge in [-0.2, -0.15) is 0 Å². The van der Waals surface area contributed by atoms with Crippen molar-refractivity contribution in [3.05, 3.63) is 59.1 Å². The summed E-state index contributed by atoms with van der Waals surface area (Å²) in [6, 6.07) is 11.2. The van der Waals surface area contributed by atoms with E-state index in [9.17, 15) is 18.0 Å². The van der Waals surface area contributed by atoms with Gasteiger partial charge in [-0.05, 0) is 55.5 Å². The number of benzene rings is 2. The second-order valence-electron chi connectivity index (χ2n) is 5.77. The Morgan fingerprint density at radius 3 is 2.11 bits per heavy atom. The van der Waals surface area contributed by atoms with Crippen molar-refractivity contribution in [1.82, 2.24) is 0 Å². The molecule has 1 amide bonds. The second-order valence-corrected chi connectivity index (χ2v) is 8.07. The van der Waals surface area contributed by atoms with Crippen LogP contribution in [0.4, 0.5) is 11.4 Å². The van der Waals surface area contributed by atoms with Gasteiger partial charge >= 0.3 is 5.97 Å². The molecule has 2 aromatic carbocycles. The first kappa shape index (κ1) is 20.7. The van der Waals surface area contributed by atoms with E-state index >= 15 is 0 Å². The summed E-state index contributed by atoms with van der Waals surface area (Å²) in [5, 5.41) is 3.09. The van der Waals surface area contributed by atoms with Crippen molar-refractivity contribution in [2.24, 2.45) is 0 Å². The van der Waals surface area contributed by atoms with E-state index in [0.29, 0.717) is 22.0 Å². The van der Waals surface area contributed by atoms with Crippen LogP contribution in [0.1, 0.15) is 17.3 Å². The summed E-state index contributed by atoms with van der Waals surface area (Å²) < 4.78 is 30.1. The molecule has 27 heavy (non-hydrogen) atoms. The normalized spacial score (nSPS) is 12.1. The molecule has 0 aliphatic carbocycles. The fraction of sp³-hybridized carbons (Fsp3) is 0.222. The molecule has 0 aromatic heterocycles. The van der Waals surface area contributed by atoms with Crippen LogP contribution < -0.4 is 9.62 Å². The zero-order chi connectivity index (χ0) is 20.2. The van der Waals surface area contributed by atoms with Gasteiger partial charge in [0.1, 0.15) is 6.04 Å². The minimum absolute atomic E-state index is 0.325. The highest BCUT2D eigenvalue weighted by Gasteiger charge is 2.29. The number of anilines is 2. The highest BCUT2D eigenvalue weighted by molar-refractivity contribution is 7.92. The Kier molecular flexibility index (Phi) is 6.45. The Morgan fingerprint density at radius 2 is 1.63 bits per heavy atom. The van der Waals surface area contributed by atoms with Crippen molar-refractivity contribution in [3.63, 3.8) is 0 Å². The van der Waals surface area contributed by atoms with Gasteiger partial charge in [-0.15, -0.1) is 0 Å². The second kappa shape index (κ2) is 8.41. The summed E-state index contributed by atoms with van der Waals surface area (Å²) in [4.78, 5) is 24.0. The average molecular weight is 411 g/mol. The Morgan fingerprint density at radius 1 is 1.07 bits per heavy atom. The maximum absolute atomic E-state index is 12.6. The standard InChI is InChI=1S/C18H19ClN2O5S/c1-12(21(27(3,24)25)16-10-6-14(19)7-11-16)17(22)20-15-8-4-13(5-9-15)18(23)26-2/h4-12H,1-3H3,(H,20,22). The lowest BCUT2D eigenvalue weighted by Crippen LogP contribution is -2.45. The summed E-state index contributed by atoms with van der Waals surface area (Å²) in [5.41, 5.74) is 1.08. The number of amides is 1. The van der Waals surface area contributed by atoms with Crippen LogP contribution >= 0.6 is 11.6 Å². The highest BCUT2D eigenvalue weighted by Crippen LogP contribution is 2.23. The molecule has 0 fully saturated rings. The Balaban J connectivity index is 2.22. The van der Waals surface area contributed by atoms with Gasteiger partial charge < -0.3 is 10.1 Å². The van der Waals surface area contributed by atoms with Crippen LogP contribution in [0.5, 0.6) is 0 Å². The number of nitrogens with zero attached hydrogens (tertiary/aromatic N) is 1. The number of carbonyl (C=O) groups excluding carboxylic acids is 2. The first-order valence-electron chi connectivity index (χ1n) is 7.87. The number of sulfonamides is 1. The predicted molar refractivity (Wildman–Crippen MR) is 105 cm³/mol. The minimum atomic E-state index is -3.72. The van der Waals surface area contributed by atoms with Crippen molar-refractivity contribution in [2.75, 3.05) is 23.0 Å². The molecule has 7 nitrogen and oxygen atoms in total. The van der Waals surface area contributed by atoms with Crippen LogP contribution in [0.2, 0.25) is 5.02 Å². The average Bonchev–Trinajstić information content (AvgIpc) is 2.62. The fourth-order valence-corrected chi connectivity index (χ4v) is 3.75. The van der Waals surface area contributed by atoms with Gasteiger partial charge in [0.2, 0.25) is 15.9 Å². The summed E-state index contributed by atoms with van der Waals surface area (Å²) in [5.74, 6) is -1.02. The van der Waals surface area contributed by atoms with Crippen molar-refractivity contribution < 1.29 is 22.7 Å². The van der Waals surface area contributed by atoms with Gasteiger partial charge in [-0.1, -0.05) is 11.6 Å². The van der Waals surface area contributed by atoms with Crippen LogP contribution in [-0.4, -0.2) is 39.7 Å². The van der Waals surface area contributed by atoms with E-state index in [2.05, 4.69) is 10.1 Å². The molecule has 0 heterocycles. The molecule has 2 rings (SSSR count). The number of hydrogen-bond donors (Lipinski definition) is 1. The van der Waals surface area contributed by atoms with Gasteiger partial charge in [0.25, 0.3) is 0 Å². The molecule has 0 aliphatic heterocycles. The number of nitrogens with one attached hydrogen (secondary N) is 1. The molecular formula is C18H19ClN2O5S. The lowest BCUT2D eigenvalue weighted by Gasteiger charge is -2.28. The molecule has 0 saturated heterocycles. The molecule has 1 unspecified atom stereocenters. The molecule has 0 saturated carbocycles. The predicted octanol–water partition coefficient (Wildman–Crippen LogP) is 2.92. The zero-order valence-electron chi connectivity index (χ0n) is 15.0. The maximum Gasteiger partial charge on any atom is 0.337 e. The summed E-state index contributed by atoms with van der Waals surface area (Å²) in [7, 11) is -2.45.